The number of fused-ring (bicyclic) bond motifs is 2. The number of carbonyl (C=O) groups excluding carboxylic acids is 1. The Morgan fingerprint density at radius 3 is 3.00 bits per heavy atom. The second-order valence-corrected chi connectivity index (χ2v) is 6.65. The fourth-order valence-corrected chi connectivity index (χ4v) is 3.82. The summed E-state index contributed by atoms with van der Waals surface area (Å²) in [6, 6.07) is 9.42. The molecule has 2 bridgehead atoms. The Bertz CT molecular complexity index is 780. The summed E-state index contributed by atoms with van der Waals surface area (Å²) in [6.45, 7) is 0.734. The standard InChI is InChI=1S/C19H21N3O2/c1-24-16-4-2-3-14(9-16)17-10-18(22-21-17)19(23)20-11-15-8-12-5-6-13(15)7-12/h2-6,9-10,12-13,15H,7-8,11H2,1H3,(H,20,23)(H,21,22)/t12-,13+,15+/m1/s1. The fourth-order valence-electron chi connectivity index (χ4n) is 3.82. The molecular weight excluding hydrogens is 302 g/mol. The number of allylic oxidation sites excluding steroid dienone is 2. The number of aromatic nitrogens is 2. The van der Waals surface area contributed by atoms with Crippen LogP contribution in [0, 0.1) is 17.8 Å². The fraction of sp³-hybridized carbons (Fsp3) is 0.368. The minimum absolute atomic E-state index is 0.0941. The summed E-state index contributed by atoms with van der Waals surface area (Å²) in [7, 11) is 1.63. The van der Waals surface area contributed by atoms with Gasteiger partial charge in [0.1, 0.15) is 11.4 Å². The number of benzene rings is 1. The first-order chi connectivity index (χ1) is 11.7. The van der Waals surface area contributed by atoms with Gasteiger partial charge in [-0.1, -0.05) is 24.3 Å². The van der Waals surface area contributed by atoms with Crippen LogP contribution >= 0.6 is 0 Å². The smallest absolute Gasteiger partial charge is 0.269 e. The predicted octanol–water partition coefficient (Wildman–Crippen LogP) is 3.03. The van der Waals surface area contributed by atoms with E-state index in [1.165, 1.54) is 12.8 Å². The molecule has 1 fully saturated rings. The van der Waals surface area contributed by atoms with Crippen LogP contribution in [0.25, 0.3) is 11.3 Å². The lowest BCUT2D eigenvalue weighted by molar-refractivity contribution is 0.0940. The average molecular weight is 323 g/mol. The van der Waals surface area contributed by atoms with Gasteiger partial charge in [-0.2, -0.15) is 5.10 Å². The molecule has 5 nitrogen and oxygen atoms in total. The number of hydrogen-bond acceptors (Lipinski definition) is 3. The molecule has 0 radical (unpaired) electrons. The Morgan fingerprint density at radius 1 is 1.33 bits per heavy atom. The number of H-pyrrole nitrogens is 1. The topological polar surface area (TPSA) is 67.0 Å². The molecule has 1 heterocycles. The number of amides is 1. The van der Waals surface area contributed by atoms with Crippen LogP contribution in [0.4, 0.5) is 0 Å². The van der Waals surface area contributed by atoms with Crippen LogP contribution in [0.1, 0.15) is 23.3 Å². The van der Waals surface area contributed by atoms with Crippen molar-refractivity contribution < 1.29 is 9.53 Å². The molecule has 0 aliphatic heterocycles. The van der Waals surface area contributed by atoms with E-state index >= 15 is 0 Å². The molecule has 4 rings (SSSR count). The van der Waals surface area contributed by atoms with Crippen molar-refractivity contribution in [3.05, 3.63) is 48.2 Å². The van der Waals surface area contributed by atoms with E-state index < -0.39 is 0 Å². The highest BCUT2D eigenvalue weighted by molar-refractivity contribution is 5.93. The zero-order valence-corrected chi connectivity index (χ0v) is 13.7. The van der Waals surface area contributed by atoms with Crippen molar-refractivity contribution >= 4 is 5.91 Å². The SMILES string of the molecule is COc1cccc(-c2cc(C(=O)NC[C@@H]3C[C@@H]4C=C[C@H]3C4)[nH]n2)c1. The molecule has 24 heavy (non-hydrogen) atoms. The molecular formula is C19H21N3O2. The summed E-state index contributed by atoms with van der Waals surface area (Å²) in [5.74, 6) is 2.62. The molecule has 3 atom stereocenters. The van der Waals surface area contributed by atoms with Crippen LogP contribution in [0.5, 0.6) is 5.75 Å². The maximum Gasteiger partial charge on any atom is 0.269 e. The molecule has 2 aliphatic carbocycles. The van der Waals surface area contributed by atoms with Gasteiger partial charge < -0.3 is 10.1 Å². The number of hydrogen-bond donors (Lipinski definition) is 2. The minimum Gasteiger partial charge on any atom is -0.497 e. The van der Waals surface area contributed by atoms with Gasteiger partial charge in [-0.15, -0.1) is 0 Å². The zero-order valence-electron chi connectivity index (χ0n) is 13.7. The quantitative estimate of drug-likeness (QED) is 0.831. The second kappa shape index (κ2) is 6.15. The van der Waals surface area contributed by atoms with Gasteiger partial charge in [0.15, 0.2) is 0 Å². The third-order valence-corrected chi connectivity index (χ3v) is 5.13. The lowest BCUT2D eigenvalue weighted by Gasteiger charge is -2.18. The predicted molar refractivity (Wildman–Crippen MR) is 91.8 cm³/mol. The van der Waals surface area contributed by atoms with E-state index in [1.54, 1.807) is 13.2 Å². The van der Waals surface area contributed by atoms with E-state index in [4.69, 9.17) is 4.74 Å². The van der Waals surface area contributed by atoms with Gasteiger partial charge in [0.25, 0.3) is 5.91 Å². The molecule has 0 saturated heterocycles. The van der Waals surface area contributed by atoms with E-state index in [0.29, 0.717) is 17.5 Å². The summed E-state index contributed by atoms with van der Waals surface area (Å²) in [4.78, 5) is 12.4. The Kier molecular flexibility index (Phi) is 3.84. The average Bonchev–Trinajstić information content (AvgIpc) is 3.35. The lowest BCUT2D eigenvalue weighted by atomic mass is 9.93. The number of aromatic amines is 1. The Hall–Kier alpha value is -2.56. The van der Waals surface area contributed by atoms with Crippen LogP contribution < -0.4 is 10.1 Å². The van der Waals surface area contributed by atoms with Crippen molar-refractivity contribution in [3.8, 4) is 17.0 Å². The molecule has 1 aromatic heterocycles. The maximum absolute atomic E-state index is 12.4. The van der Waals surface area contributed by atoms with Crippen molar-refractivity contribution in [1.82, 2.24) is 15.5 Å². The van der Waals surface area contributed by atoms with Crippen LogP contribution in [0.3, 0.4) is 0 Å². The summed E-state index contributed by atoms with van der Waals surface area (Å²) < 4.78 is 5.23. The number of carbonyl (C=O) groups is 1. The molecule has 2 aliphatic rings. The van der Waals surface area contributed by atoms with Crippen molar-refractivity contribution in [1.29, 1.82) is 0 Å². The molecule has 124 valence electrons. The van der Waals surface area contributed by atoms with Gasteiger partial charge in [-0.25, -0.2) is 0 Å². The van der Waals surface area contributed by atoms with Crippen molar-refractivity contribution in [2.45, 2.75) is 12.8 Å². The first-order valence-corrected chi connectivity index (χ1v) is 8.39. The van der Waals surface area contributed by atoms with Crippen molar-refractivity contribution in [2.24, 2.45) is 17.8 Å². The largest absolute Gasteiger partial charge is 0.497 e. The minimum atomic E-state index is -0.0941. The van der Waals surface area contributed by atoms with E-state index in [-0.39, 0.29) is 5.91 Å². The highest BCUT2D eigenvalue weighted by atomic mass is 16.5. The van der Waals surface area contributed by atoms with Gasteiger partial charge in [0, 0.05) is 12.1 Å². The van der Waals surface area contributed by atoms with Crippen LogP contribution in [-0.2, 0) is 0 Å². The second-order valence-electron chi connectivity index (χ2n) is 6.65. The monoisotopic (exact) mass is 323 g/mol. The number of nitrogens with zero attached hydrogens (tertiary/aromatic N) is 1. The number of nitrogens with one attached hydrogen (secondary N) is 2. The van der Waals surface area contributed by atoms with Crippen LogP contribution in [0.2, 0.25) is 0 Å². The van der Waals surface area contributed by atoms with Gasteiger partial charge in [-0.05, 0) is 48.8 Å². The summed E-state index contributed by atoms with van der Waals surface area (Å²) >= 11 is 0. The molecule has 1 aromatic carbocycles. The van der Waals surface area contributed by atoms with Crippen molar-refractivity contribution in [2.75, 3.05) is 13.7 Å². The summed E-state index contributed by atoms with van der Waals surface area (Å²) in [5, 5.41) is 10.1. The number of ether oxygens (including phenoxy) is 1. The summed E-state index contributed by atoms with van der Waals surface area (Å²) in [6.07, 6.45) is 7.07. The van der Waals surface area contributed by atoms with E-state index in [2.05, 4.69) is 27.7 Å². The molecule has 2 aromatic rings. The van der Waals surface area contributed by atoms with Gasteiger partial charge >= 0.3 is 0 Å². The van der Waals surface area contributed by atoms with Crippen LogP contribution in [0.15, 0.2) is 42.5 Å². The number of methoxy groups -OCH3 is 1. The molecule has 1 amide bonds. The van der Waals surface area contributed by atoms with Gasteiger partial charge in [0.2, 0.25) is 0 Å². The van der Waals surface area contributed by atoms with E-state index in [0.717, 1.165) is 29.5 Å². The van der Waals surface area contributed by atoms with Gasteiger partial charge in [0.05, 0.1) is 12.8 Å². The maximum atomic E-state index is 12.4. The Morgan fingerprint density at radius 2 is 2.25 bits per heavy atom. The molecule has 1 saturated carbocycles. The lowest BCUT2D eigenvalue weighted by Crippen LogP contribution is -2.31. The van der Waals surface area contributed by atoms with Crippen molar-refractivity contribution in [3.63, 3.8) is 0 Å². The first-order valence-electron chi connectivity index (χ1n) is 8.39. The van der Waals surface area contributed by atoms with E-state index in [1.807, 2.05) is 24.3 Å². The number of rotatable bonds is 5. The van der Waals surface area contributed by atoms with E-state index in [9.17, 15) is 4.79 Å². The third-order valence-electron chi connectivity index (χ3n) is 5.13. The highest BCUT2D eigenvalue weighted by Gasteiger charge is 2.35. The third kappa shape index (κ3) is 2.82. The molecule has 2 N–H and O–H groups in total. The Labute approximate surface area is 141 Å². The molecule has 0 spiro atoms. The normalized spacial score (nSPS) is 24.3. The highest BCUT2D eigenvalue weighted by Crippen LogP contribution is 2.42. The Balaban J connectivity index is 1.40. The first kappa shape index (κ1) is 15.0. The molecule has 5 heteroatoms. The summed E-state index contributed by atoms with van der Waals surface area (Å²) in [5.41, 5.74) is 2.15. The van der Waals surface area contributed by atoms with Crippen LogP contribution in [-0.4, -0.2) is 29.8 Å². The molecule has 0 unspecified atom stereocenters. The zero-order chi connectivity index (χ0) is 16.5. The van der Waals surface area contributed by atoms with Gasteiger partial charge in [-0.3, -0.25) is 9.89 Å².